The third kappa shape index (κ3) is 4.63. The number of aliphatic imine (C=N–C) groups is 2. The lowest BCUT2D eigenvalue weighted by Gasteiger charge is -2.25. The molecule has 1 atom stereocenters. The Bertz CT molecular complexity index is 1200. The molecule has 0 bridgehead atoms. The van der Waals surface area contributed by atoms with Crippen LogP contribution in [0.25, 0.3) is 0 Å². The Labute approximate surface area is 196 Å². The van der Waals surface area contributed by atoms with E-state index in [-0.39, 0.29) is 33.5 Å². The molecule has 1 N–H and O–H groups in total. The highest BCUT2D eigenvalue weighted by molar-refractivity contribution is 8.14. The van der Waals surface area contributed by atoms with Crippen LogP contribution in [-0.2, 0) is 15.8 Å². The van der Waals surface area contributed by atoms with E-state index < -0.39 is 23.7 Å². The van der Waals surface area contributed by atoms with Gasteiger partial charge in [-0.05, 0) is 36.2 Å². The number of carbonyl (C=O) groups excluding carboxylic acids is 2. The first-order valence-electron chi connectivity index (χ1n) is 9.95. The molecule has 2 aromatic rings. The zero-order valence-electron chi connectivity index (χ0n) is 17.5. The predicted octanol–water partition coefficient (Wildman–Crippen LogP) is 5.35. The summed E-state index contributed by atoms with van der Waals surface area (Å²) in [6.45, 7) is 3.79. The minimum absolute atomic E-state index is 0.0193. The largest absolute Gasteiger partial charge is 0.416 e. The molecule has 2 aliphatic heterocycles. The summed E-state index contributed by atoms with van der Waals surface area (Å²) in [5.74, 6) is -0.569. The number of thioether (sulfide) groups is 1. The number of amidine groups is 2. The van der Waals surface area contributed by atoms with E-state index in [0.29, 0.717) is 11.5 Å². The number of nitrogens with one attached hydrogen (secondary N) is 1. The van der Waals surface area contributed by atoms with E-state index >= 15 is 0 Å². The number of carbonyl (C=O) groups is 2. The summed E-state index contributed by atoms with van der Waals surface area (Å²) < 4.78 is 38.9. The number of halogens is 4. The molecule has 0 spiro atoms. The lowest BCUT2D eigenvalue weighted by atomic mass is 10.1. The van der Waals surface area contributed by atoms with Crippen molar-refractivity contribution in [1.82, 2.24) is 4.90 Å². The normalized spacial score (nSPS) is 17.5. The van der Waals surface area contributed by atoms with Crippen molar-refractivity contribution in [3.8, 4) is 0 Å². The number of alkyl halides is 3. The van der Waals surface area contributed by atoms with Crippen LogP contribution in [0.5, 0.6) is 0 Å². The summed E-state index contributed by atoms with van der Waals surface area (Å²) in [6, 6.07) is 9.37. The van der Waals surface area contributed by atoms with E-state index in [1.807, 2.05) is 26.0 Å². The van der Waals surface area contributed by atoms with Gasteiger partial charge in [0.05, 0.1) is 27.7 Å². The Morgan fingerprint density at radius 3 is 2.67 bits per heavy atom. The average molecular weight is 495 g/mol. The van der Waals surface area contributed by atoms with Gasteiger partial charge in [0.15, 0.2) is 5.17 Å². The second kappa shape index (κ2) is 8.83. The average Bonchev–Trinajstić information content (AvgIpc) is 3.11. The van der Waals surface area contributed by atoms with E-state index in [2.05, 4.69) is 15.3 Å². The Balaban J connectivity index is 1.54. The maximum Gasteiger partial charge on any atom is 0.416 e. The lowest BCUT2D eigenvalue weighted by Crippen LogP contribution is -2.42. The van der Waals surface area contributed by atoms with Gasteiger partial charge in [-0.25, -0.2) is 9.89 Å². The maximum absolute atomic E-state index is 13.0. The van der Waals surface area contributed by atoms with Crippen molar-refractivity contribution in [3.05, 3.63) is 58.6 Å². The maximum atomic E-state index is 13.0. The molecule has 2 amide bonds. The number of hydrogen-bond donors (Lipinski definition) is 1. The van der Waals surface area contributed by atoms with E-state index in [0.717, 1.165) is 35.5 Å². The second-order valence-corrected chi connectivity index (χ2v) is 9.11. The van der Waals surface area contributed by atoms with E-state index in [4.69, 9.17) is 11.6 Å². The Hall–Kier alpha value is -2.85. The molecule has 4 rings (SSSR count). The standard InChI is InChI=1S/C22H18ClF3N4O2S/c1-11(2)18-20(32)30-19(29-18)13-5-3-4-6-15(13)28-21(30)33-10-17(31)27-16-9-12(22(24,25)26)7-8-14(16)23/h3-9,11,18H,10H2,1-2H3,(H,27,31)/t18-/m1/s1. The fourth-order valence-corrected chi connectivity index (χ4v) is 4.38. The molecule has 0 unspecified atom stereocenters. The predicted molar refractivity (Wildman–Crippen MR) is 123 cm³/mol. The minimum Gasteiger partial charge on any atom is -0.324 e. The molecule has 0 saturated heterocycles. The summed E-state index contributed by atoms with van der Waals surface area (Å²) in [7, 11) is 0. The van der Waals surface area contributed by atoms with Gasteiger partial charge >= 0.3 is 6.18 Å². The Morgan fingerprint density at radius 1 is 1.24 bits per heavy atom. The van der Waals surface area contributed by atoms with Crippen LogP contribution in [0.2, 0.25) is 5.02 Å². The molecule has 11 heteroatoms. The lowest BCUT2D eigenvalue weighted by molar-refractivity contribution is -0.137. The first-order chi connectivity index (χ1) is 15.6. The third-order valence-electron chi connectivity index (χ3n) is 5.03. The zero-order chi connectivity index (χ0) is 23.9. The molecule has 2 aromatic carbocycles. The van der Waals surface area contributed by atoms with Gasteiger partial charge < -0.3 is 5.32 Å². The summed E-state index contributed by atoms with van der Waals surface area (Å²) in [5.41, 5.74) is 0.269. The monoisotopic (exact) mass is 494 g/mol. The van der Waals surface area contributed by atoms with Crippen molar-refractivity contribution in [2.75, 3.05) is 11.1 Å². The number of anilines is 1. The molecular formula is C22H18ClF3N4O2S. The van der Waals surface area contributed by atoms with Crippen molar-refractivity contribution >= 4 is 57.6 Å². The molecule has 6 nitrogen and oxygen atoms in total. The van der Waals surface area contributed by atoms with Crippen LogP contribution in [0.1, 0.15) is 25.0 Å². The second-order valence-electron chi connectivity index (χ2n) is 7.76. The Kier molecular flexibility index (Phi) is 6.24. The first kappa shape index (κ1) is 23.3. The molecule has 0 aromatic heterocycles. The minimum atomic E-state index is -4.57. The summed E-state index contributed by atoms with van der Waals surface area (Å²) in [6.07, 6.45) is -4.57. The smallest absolute Gasteiger partial charge is 0.324 e. The van der Waals surface area contributed by atoms with E-state index in [1.54, 1.807) is 12.1 Å². The highest BCUT2D eigenvalue weighted by Gasteiger charge is 2.42. The summed E-state index contributed by atoms with van der Waals surface area (Å²) in [5, 5.41) is 2.66. The molecule has 0 saturated carbocycles. The third-order valence-corrected chi connectivity index (χ3v) is 6.30. The van der Waals surface area contributed by atoms with Crippen LogP contribution < -0.4 is 5.32 Å². The quantitative estimate of drug-likeness (QED) is 0.623. The van der Waals surface area contributed by atoms with Gasteiger partial charge in [-0.1, -0.05) is 49.3 Å². The van der Waals surface area contributed by atoms with Crippen molar-refractivity contribution in [3.63, 3.8) is 0 Å². The van der Waals surface area contributed by atoms with E-state index in [9.17, 15) is 22.8 Å². The highest BCUT2D eigenvalue weighted by Crippen LogP contribution is 2.36. The molecule has 0 aliphatic carbocycles. The van der Waals surface area contributed by atoms with Gasteiger partial charge in [-0.3, -0.25) is 14.6 Å². The van der Waals surface area contributed by atoms with Crippen LogP contribution >= 0.6 is 23.4 Å². The highest BCUT2D eigenvalue weighted by atomic mass is 35.5. The van der Waals surface area contributed by atoms with Crippen LogP contribution in [0.3, 0.4) is 0 Å². The number of amides is 2. The van der Waals surface area contributed by atoms with Crippen molar-refractivity contribution < 1.29 is 22.8 Å². The number of para-hydroxylation sites is 1. The number of benzene rings is 2. The van der Waals surface area contributed by atoms with Gasteiger partial charge in [0.1, 0.15) is 11.9 Å². The molecule has 2 heterocycles. The zero-order valence-corrected chi connectivity index (χ0v) is 19.1. The number of hydrogen-bond acceptors (Lipinski definition) is 5. The van der Waals surface area contributed by atoms with Gasteiger partial charge in [-0.2, -0.15) is 13.2 Å². The summed E-state index contributed by atoms with van der Waals surface area (Å²) >= 11 is 6.95. The van der Waals surface area contributed by atoms with Gasteiger partial charge in [0.25, 0.3) is 5.91 Å². The first-order valence-corrected chi connectivity index (χ1v) is 11.3. The fraction of sp³-hybridized carbons (Fsp3) is 0.273. The number of fused-ring (bicyclic) bond motifs is 3. The molecular weight excluding hydrogens is 477 g/mol. The number of nitrogens with zero attached hydrogens (tertiary/aromatic N) is 3. The van der Waals surface area contributed by atoms with Crippen molar-refractivity contribution in [2.45, 2.75) is 26.1 Å². The Morgan fingerprint density at radius 2 is 1.97 bits per heavy atom. The van der Waals surface area contributed by atoms with Crippen LogP contribution in [-0.4, -0.2) is 39.5 Å². The van der Waals surface area contributed by atoms with Crippen LogP contribution in [0.15, 0.2) is 52.4 Å². The molecule has 0 fully saturated rings. The molecule has 33 heavy (non-hydrogen) atoms. The number of rotatable bonds is 4. The molecule has 0 radical (unpaired) electrons. The molecule has 2 aliphatic rings. The van der Waals surface area contributed by atoms with E-state index in [1.165, 1.54) is 4.90 Å². The summed E-state index contributed by atoms with van der Waals surface area (Å²) in [4.78, 5) is 36.0. The van der Waals surface area contributed by atoms with Crippen LogP contribution in [0, 0.1) is 5.92 Å². The van der Waals surface area contributed by atoms with Crippen molar-refractivity contribution in [2.24, 2.45) is 15.9 Å². The topological polar surface area (TPSA) is 74.1 Å². The van der Waals surface area contributed by atoms with Gasteiger partial charge in [0.2, 0.25) is 5.91 Å². The van der Waals surface area contributed by atoms with Crippen LogP contribution in [0.4, 0.5) is 24.5 Å². The van der Waals surface area contributed by atoms with Crippen molar-refractivity contribution in [1.29, 1.82) is 0 Å². The van der Waals surface area contributed by atoms with Gasteiger partial charge in [-0.15, -0.1) is 0 Å². The fourth-order valence-electron chi connectivity index (χ4n) is 3.41. The van der Waals surface area contributed by atoms with Gasteiger partial charge in [0, 0.05) is 5.56 Å². The molecule has 172 valence electrons. The SMILES string of the molecule is CC(C)[C@H]1N=C2c3ccccc3N=C(SCC(=O)Nc3cc(C(F)(F)F)ccc3Cl)N2C1=O.